The minimum atomic E-state index is -0.964. The van der Waals surface area contributed by atoms with Crippen LogP contribution >= 0.6 is 0 Å². The number of benzene rings is 1. The van der Waals surface area contributed by atoms with E-state index >= 15 is 0 Å². The Hall–Kier alpha value is -3.69. The Kier molecular flexibility index (Phi) is 7.89. The molecule has 0 radical (unpaired) electrons. The van der Waals surface area contributed by atoms with Crippen LogP contribution in [0, 0.1) is 10.1 Å². The van der Waals surface area contributed by atoms with Crippen molar-refractivity contribution in [3.8, 4) is 0 Å². The quantitative estimate of drug-likeness (QED) is 0.368. The van der Waals surface area contributed by atoms with Gasteiger partial charge in [-0.1, -0.05) is 12.1 Å². The molecule has 2 N–H and O–H groups in total. The molecule has 1 atom stereocenters. The molecule has 1 amide bonds. The average Bonchev–Trinajstić information content (AvgIpc) is 2.67. The number of nitro groups is 1. The lowest BCUT2D eigenvalue weighted by Crippen LogP contribution is -2.45. The molecule has 1 aromatic carbocycles. The summed E-state index contributed by atoms with van der Waals surface area (Å²) in [6, 6.07) is 8.77. The van der Waals surface area contributed by atoms with E-state index in [1.165, 1.54) is 18.3 Å². The number of hydrogen-bond donors (Lipinski definition) is 2. The van der Waals surface area contributed by atoms with Crippen molar-refractivity contribution in [3.63, 3.8) is 0 Å². The number of alkyl carbamates (subject to hydrolysis) is 1. The van der Waals surface area contributed by atoms with Gasteiger partial charge in [0.2, 0.25) is 5.82 Å². The number of nitrogens with zero attached hydrogens (tertiary/aromatic N) is 2. The third-order valence-corrected chi connectivity index (χ3v) is 3.87. The molecule has 2 rings (SSSR count). The van der Waals surface area contributed by atoms with Crippen LogP contribution in [0.15, 0.2) is 42.6 Å². The number of esters is 1. The summed E-state index contributed by atoms with van der Waals surface area (Å²) in [7, 11) is 0. The van der Waals surface area contributed by atoms with E-state index in [0.29, 0.717) is 11.3 Å². The molecule has 10 nitrogen and oxygen atoms in total. The predicted octanol–water partition coefficient (Wildman–Crippen LogP) is 3.73. The fourth-order valence-corrected chi connectivity index (χ4v) is 2.67. The maximum Gasteiger partial charge on any atom is 0.408 e. The molecule has 166 valence electrons. The number of aromatic nitrogens is 1. The van der Waals surface area contributed by atoms with Gasteiger partial charge in [0.25, 0.3) is 0 Å². The van der Waals surface area contributed by atoms with E-state index in [4.69, 9.17) is 9.47 Å². The third kappa shape index (κ3) is 7.57. The van der Waals surface area contributed by atoms with Gasteiger partial charge >= 0.3 is 17.7 Å². The van der Waals surface area contributed by atoms with Crippen molar-refractivity contribution in [2.75, 3.05) is 11.9 Å². The normalized spacial score (nSPS) is 11.9. The molecular formula is C21H26N4O6. The minimum Gasteiger partial charge on any atom is -0.464 e. The van der Waals surface area contributed by atoms with Crippen molar-refractivity contribution in [1.82, 2.24) is 10.3 Å². The lowest BCUT2D eigenvalue weighted by Gasteiger charge is -2.23. The van der Waals surface area contributed by atoms with Crippen LogP contribution in [-0.2, 0) is 20.7 Å². The second-order valence-electron chi connectivity index (χ2n) is 7.61. The largest absolute Gasteiger partial charge is 0.464 e. The maximum atomic E-state index is 12.4. The van der Waals surface area contributed by atoms with Crippen molar-refractivity contribution in [1.29, 1.82) is 0 Å². The Labute approximate surface area is 180 Å². The van der Waals surface area contributed by atoms with Gasteiger partial charge in [0.15, 0.2) is 0 Å². The van der Waals surface area contributed by atoms with Gasteiger partial charge in [0.1, 0.15) is 11.6 Å². The van der Waals surface area contributed by atoms with Gasteiger partial charge < -0.3 is 20.1 Å². The topological polar surface area (TPSA) is 133 Å². The van der Waals surface area contributed by atoms with Gasteiger partial charge in [-0.25, -0.2) is 14.6 Å². The van der Waals surface area contributed by atoms with Crippen LogP contribution in [0.1, 0.15) is 33.3 Å². The zero-order valence-electron chi connectivity index (χ0n) is 17.9. The molecule has 0 aliphatic carbocycles. The average molecular weight is 430 g/mol. The van der Waals surface area contributed by atoms with Crippen molar-refractivity contribution >= 4 is 29.3 Å². The fraction of sp³-hybridized carbons (Fsp3) is 0.381. The van der Waals surface area contributed by atoms with Gasteiger partial charge in [-0.15, -0.1) is 0 Å². The number of anilines is 2. The molecule has 0 bridgehead atoms. The molecule has 0 spiro atoms. The number of amides is 1. The van der Waals surface area contributed by atoms with Gasteiger partial charge in [-0.2, -0.15) is 0 Å². The summed E-state index contributed by atoms with van der Waals surface area (Å²) in [5.74, 6) is -0.495. The van der Waals surface area contributed by atoms with Crippen LogP contribution in [0.4, 0.5) is 22.0 Å². The second-order valence-corrected chi connectivity index (χ2v) is 7.61. The molecular weight excluding hydrogens is 404 g/mol. The minimum absolute atomic E-state index is 0.0958. The SMILES string of the molecule is CCOC(=O)[C@H](Cc1cccc(Nc2ncccc2[N+](=O)[O-])c1)NC(=O)OC(C)(C)C. The molecule has 10 heteroatoms. The van der Waals surface area contributed by atoms with E-state index in [1.807, 2.05) is 0 Å². The van der Waals surface area contributed by atoms with E-state index in [9.17, 15) is 19.7 Å². The Bertz CT molecular complexity index is 941. The molecule has 0 aliphatic heterocycles. The van der Waals surface area contributed by atoms with Crippen molar-refractivity contribution < 1.29 is 24.0 Å². The smallest absolute Gasteiger partial charge is 0.408 e. The van der Waals surface area contributed by atoms with Gasteiger partial charge in [0, 0.05) is 24.4 Å². The van der Waals surface area contributed by atoms with E-state index in [-0.39, 0.29) is 24.5 Å². The third-order valence-electron chi connectivity index (χ3n) is 3.87. The second kappa shape index (κ2) is 10.4. The molecule has 0 aliphatic rings. The molecule has 31 heavy (non-hydrogen) atoms. The summed E-state index contributed by atoms with van der Waals surface area (Å²) in [6.45, 7) is 7.00. The highest BCUT2D eigenvalue weighted by Crippen LogP contribution is 2.25. The molecule has 0 unspecified atom stereocenters. The lowest BCUT2D eigenvalue weighted by atomic mass is 10.1. The number of hydrogen-bond acceptors (Lipinski definition) is 8. The first-order chi connectivity index (χ1) is 14.6. The first-order valence-corrected chi connectivity index (χ1v) is 9.70. The van der Waals surface area contributed by atoms with Crippen LogP contribution in [-0.4, -0.2) is 40.2 Å². The first-order valence-electron chi connectivity index (χ1n) is 9.70. The standard InChI is InChI=1S/C21H26N4O6/c1-5-30-19(26)16(24-20(27)31-21(2,3)4)13-14-8-6-9-15(12-14)23-18-17(25(28)29)10-7-11-22-18/h6-12,16H,5,13H2,1-4H3,(H,22,23)(H,24,27)/t16-/m0/s1. The molecule has 2 aromatic rings. The lowest BCUT2D eigenvalue weighted by molar-refractivity contribution is -0.384. The number of ether oxygens (including phenoxy) is 2. The highest BCUT2D eigenvalue weighted by Gasteiger charge is 2.26. The van der Waals surface area contributed by atoms with Crippen molar-refractivity contribution in [2.45, 2.75) is 45.8 Å². The zero-order valence-corrected chi connectivity index (χ0v) is 17.9. The van der Waals surface area contributed by atoms with E-state index in [0.717, 1.165) is 0 Å². The Balaban J connectivity index is 2.19. The molecule has 1 aromatic heterocycles. The predicted molar refractivity (Wildman–Crippen MR) is 114 cm³/mol. The Morgan fingerprint density at radius 1 is 1.23 bits per heavy atom. The van der Waals surface area contributed by atoms with E-state index in [1.54, 1.807) is 52.0 Å². The fourth-order valence-electron chi connectivity index (χ4n) is 2.67. The number of carbonyl (C=O) groups is 2. The highest BCUT2D eigenvalue weighted by atomic mass is 16.6. The van der Waals surface area contributed by atoms with Gasteiger partial charge in [-0.05, 0) is 51.5 Å². The van der Waals surface area contributed by atoms with Crippen LogP contribution in [0.25, 0.3) is 0 Å². The summed E-state index contributed by atoms with van der Waals surface area (Å²) in [5.41, 5.74) is 0.352. The first kappa shape index (κ1) is 23.6. The Morgan fingerprint density at radius 3 is 2.61 bits per heavy atom. The van der Waals surface area contributed by atoms with E-state index < -0.39 is 28.6 Å². The number of pyridine rings is 1. The summed E-state index contributed by atoms with van der Waals surface area (Å²) < 4.78 is 10.3. The summed E-state index contributed by atoms with van der Waals surface area (Å²) in [6.07, 6.45) is 0.850. The summed E-state index contributed by atoms with van der Waals surface area (Å²) >= 11 is 0. The van der Waals surface area contributed by atoms with Gasteiger partial charge in [0.05, 0.1) is 11.5 Å². The molecule has 1 heterocycles. The monoisotopic (exact) mass is 430 g/mol. The van der Waals surface area contributed by atoms with Crippen molar-refractivity contribution in [3.05, 3.63) is 58.3 Å². The summed E-state index contributed by atoms with van der Waals surface area (Å²) in [4.78, 5) is 39.2. The van der Waals surface area contributed by atoms with Crippen LogP contribution < -0.4 is 10.6 Å². The van der Waals surface area contributed by atoms with E-state index in [2.05, 4.69) is 15.6 Å². The van der Waals surface area contributed by atoms with Gasteiger partial charge in [-0.3, -0.25) is 10.1 Å². The summed E-state index contributed by atoms with van der Waals surface area (Å²) in [5, 5.41) is 16.6. The Morgan fingerprint density at radius 2 is 1.97 bits per heavy atom. The number of rotatable bonds is 8. The molecule has 0 saturated carbocycles. The maximum absolute atomic E-state index is 12.4. The van der Waals surface area contributed by atoms with Crippen LogP contribution in [0.5, 0.6) is 0 Å². The molecule has 0 fully saturated rings. The number of nitrogens with one attached hydrogen (secondary N) is 2. The highest BCUT2D eigenvalue weighted by molar-refractivity contribution is 5.82. The van der Waals surface area contributed by atoms with Crippen LogP contribution in [0.2, 0.25) is 0 Å². The van der Waals surface area contributed by atoms with Crippen molar-refractivity contribution in [2.24, 2.45) is 0 Å². The molecule has 0 saturated heterocycles. The van der Waals surface area contributed by atoms with Crippen LogP contribution in [0.3, 0.4) is 0 Å². The zero-order chi connectivity index (χ0) is 23.0. The number of carbonyl (C=O) groups excluding carboxylic acids is 2.